The molecule has 18 heavy (non-hydrogen) atoms. The van der Waals surface area contributed by atoms with Gasteiger partial charge in [-0.15, -0.1) is 0 Å². The number of ketones is 1. The molecule has 0 spiro atoms. The fourth-order valence-corrected chi connectivity index (χ4v) is 2.52. The molecule has 1 N–H and O–H groups in total. The summed E-state index contributed by atoms with van der Waals surface area (Å²) < 4.78 is 5.19. The van der Waals surface area contributed by atoms with Gasteiger partial charge in [0.25, 0.3) is 0 Å². The van der Waals surface area contributed by atoms with Gasteiger partial charge >= 0.3 is 6.09 Å². The molecule has 4 heteroatoms. The van der Waals surface area contributed by atoms with Crippen LogP contribution in [0.5, 0.6) is 0 Å². The predicted molar refractivity (Wildman–Crippen MR) is 70.4 cm³/mol. The second-order valence-corrected chi connectivity index (χ2v) is 6.14. The number of hydrogen-bond donors (Lipinski definition) is 1. The maximum absolute atomic E-state index is 11.6. The largest absolute Gasteiger partial charge is 0.444 e. The summed E-state index contributed by atoms with van der Waals surface area (Å²) in [6, 6.07) is 0. The fraction of sp³-hybridized carbons (Fsp3) is 0.857. The molecule has 0 unspecified atom stereocenters. The van der Waals surface area contributed by atoms with Gasteiger partial charge in [-0.3, -0.25) is 4.79 Å². The van der Waals surface area contributed by atoms with Crippen LogP contribution in [0, 0.1) is 11.8 Å². The van der Waals surface area contributed by atoms with E-state index in [2.05, 4.69) is 5.32 Å². The van der Waals surface area contributed by atoms with Crippen molar-refractivity contribution in [2.75, 3.05) is 6.54 Å². The van der Waals surface area contributed by atoms with Gasteiger partial charge < -0.3 is 10.1 Å². The lowest BCUT2D eigenvalue weighted by Gasteiger charge is -2.30. The first-order chi connectivity index (χ1) is 8.29. The Morgan fingerprint density at radius 2 is 1.83 bits per heavy atom. The molecule has 0 aromatic rings. The number of Topliss-reactive ketones (excluding diaryl/α,β-unsaturated/α-hetero) is 1. The van der Waals surface area contributed by atoms with Crippen LogP contribution < -0.4 is 5.32 Å². The van der Waals surface area contributed by atoms with Crippen molar-refractivity contribution in [3.05, 3.63) is 0 Å². The Kier molecular flexibility index (Phi) is 5.17. The number of carbonyl (C=O) groups excluding carboxylic acids is 2. The third kappa shape index (κ3) is 5.07. The Bertz CT molecular complexity index is 307. The highest BCUT2D eigenvalue weighted by Gasteiger charge is 2.29. The van der Waals surface area contributed by atoms with Crippen molar-refractivity contribution < 1.29 is 14.3 Å². The van der Waals surface area contributed by atoms with Crippen LogP contribution in [-0.2, 0) is 9.53 Å². The summed E-state index contributed by atoms with van der Waals surface area (Å²) in [6.45, 7) is 7.71. The zero-order chi connectivity index (χ0) is 13.8. The lowest BCUT2D eigenvalue weighted by atomic mass is 9.77. The molecule has 0 radical (unpaired) electrons. The normalized spacial score (nSPS) is 24.4. The van der Waals surface area contributed by atoms with Gasteiger partial charge in [-0.25, -0.2) is 4.79 Å². The molecular weight excluding hydrogens is 230 g/mol. The molecule has 0 aromatic carbocycles. The second kappa shape index (κ2) is 6.21. The van der Waals surface area contributed by atoms with Crippen LogP contribution in [0.4, 0.5) is 4.79 Å². The summed E-state index contributed by atoms with van der Waals surface area (Å²) >= 11 is 0. The van der Waals surface area contributed by atoms with Crippen LogP contribution in [0.2, 0.25) is 0 Å². The van der Waals surface area contributed by atoms with Gasteiger partial charge in [0.05, 0.1) is 0 Å². The smallest absolute Gasteiger partial charge is 0.407 e. The molecule has 2 atom stereocenters. The highest BCUT2D eigenvalue weighted by Crippen LogP contribution is 2.30. The summed E-state index contributed by atoms with van der Waals surface area (Å²) in [5.74, 6) is 0.614. The van der Waals surface area contributed by atoms with Gasteiger partial charge in [-0.05, 0) is 46.5 Å². The Morgan fingerprint density at radius 3 is 2.39 bits per heavy atom. The lowest BCUT2D eigenvalue weighted by molar-refractivity contribution is -0.123. The molecule has 1 rings (SSSR count). The van der Waals surface area contributed by atoms with Crippen molar-refractivity contribution in [1.29, 1.82) is 0 Å². The van der Waals surface area contributed by atoms with Crippen LogP contribution >= 0.6 is 0 Å². The second-order valence-electron chi connectivity index (χ2n) is 6.14. The first-order valence-corrected chi connectivity index (χ1v) is 6.77. The number of hydrogen-bond acceptors (Lipinski definition) is 3. The van der Waals surface area contributed by atoms with Crippen LogP contribution in [0.25, 0.3) is 0 Å². The Morgan fingerprint density at radius 1 is 1.22 bits per heavy atom. The Labute approximate surface area is 109 Å². The van der Waals surface area contributed by atoms with E-state index in [1.807, 2.05) is 20.8 Å². The van der Waals surface area contributed by atoms with Crippen LogP contribution in [0.3, 0.4) is 0 Å². The van der Waals surface area contributed by atoms with Crippen LogP contribution in [0.1, 0.15) is 53.4 Å². The third-order valence-electron chi connectivity index (χ3n) is 3.34. The lowest BCUT2D eigenvalue weighted by Crippen LogP contribution is -2.39. The highest BCUT2D eigenvalue weighted by atomic mass is 16.6. The number of carbonyl (C=O) groups is 2. The van der Waals surface area contributed by atoms with E-state index < -0.39 is 11.7 Å². The Hall–Kier alpha value is -1.06. The summed E-state index contributed by atoms with van der Waals surface area (Å²) in [7, 11) is 0. The van der Waals surface area contributed by atoms with Gasteiger partial charge in [0.15, 0.2) is 0 Å². The van der Waals surface area contributed by atoms with Gasteiger partial charge in [-0.2, -0.15) is 0 Å². The minimum absolute atomic E-state index is 0.105. The standard InChI is InChI=1S/C14H25NO3/c1-10(16)12-8-6-5-7-11(12)9-15-13(17)18-14(2,3)4/h11-12H,5-9H2,1-4H3,(H,15,17)/t11-,12+/m1/s1. The van der Waals surface area contributed by atoms with E-state index in [1.165, 1.54) is 0 Å². The number of nitrogens with one attached hydrogen (secondary N) is 1. The average molecular weight is 255 g/mol. The predicted octanol–water partition coefficient (Wildman–Crippen LogP) is 2.91. The quantitative estimate of drug-likeness (QED) is 0.843. The van der Waals surface area contributed by atoms with Gasteiger partial charge in [0.2, 0.25) is 0 Å². The van der Waals surface area contributed by atoms with Crippen molar-refractivity contribution >= 4 is 11.9 Å². The molecule has 0 aliphatic heterocycles. The maximum atomic E-state index is 11.6. The molecule has 1 amide bonds. The highest BCUT2D eigenvalue weighted by molar-refractivity contribution is 5.78. The number of ether oxygens (including phenoxy) is 1. The van der Waals surface area contributed by atoms with E-state index in [0.717, 1.165) is 25.7 Å². The minimum atomic E-state index is -0.476. The molecule has 0 bridgehead atoms. The summed E-state index contributed by atoms with van der Waals surface area (Å²) in [6.07, 6.45) is 3.84. The van der Waals surface area contributed by atoms with E-state index >= 15 is 0 Å². The molecular formula is C14H25NO3. The van der Waals surface area contributed by atoms with Crippen molar-refractivity contribution in [2.45, 2.75) is 59.0 Å². The SMILES string of the molecule is CC(=O)[C@@H]1CCCC[C@@H]1CNC(=O)OC(C)(C)C. The molecule has 0 heterocycles. The van der Waals surface area contributed by atoms with Gasteiger partial charge in [0, 0.05) is 12.5 Å². The van der Waals surface area contributed by atoms with Crippen molar-refractivity contribution in [3.8, 4) is 0 Å². The average Bonchev–Trinajstić information content (AvgIpc) is 2.24. The van der Waals surface area contributed by atoms with Crippen molar-refractivity contribution in [3.63, 3.8) is 0 Å². The summed E-state index contributed by atoms with van der Waals surface area (Å²) in [5, 5.41) is 2.78. The van der Waals surface area contributed by atoms with E-state index in [4.69, 9.17) is 4.74 Å². The fourth-order valence-electron chi connectivity index (χ4n) is 2.52. The van der Waals surface area contributed by atoms with E-state index in [1.54, 1.807) is 6.92 Å². The van der Waals surface area contributed by atoms with Crippen molar-refractivity contribution in [2.24, 2.45) is 11.8 Å². The first kappa shape index (κ1) is 15.0. The van der Waals surface area contributed by atoms with Crippen LogP contribution in [-0.4, -0.2) is 24.0 Å². The van der Waals surface area contributed by atoms with E-state index in [0.29, 0.717) is 6.54 Å². The number of amides is 1. The van der Waals surface area contributed by atoms with Gasteiger partial charge in [-0.1, -0.05) is 12.8 Å². The molecule has 0 saturated heterocycles. The van der Waals surface area contributed by atoms with E-state index in [9.17, 15) is 9.59 Å². The molecule has 1 aliphatic rings. The number of alkyl carbamates (subject to hydrolysis) is 1. The van der Waals surface area contributed by atoms with Crippen LogP contribution in [0.15, 0.2) is 0 Å². The monoisotopic (exact) mass is 255 g/mol. The molecule has 0 aromatic heterocycles. The summed E-state index contributed by atoms with van der Waals surface area (Å²) in [4.78, 5) is 23.1. The minimum Gasteiger partial charge on any atom is -0.444 e. The van der Waals surface area contributed by atoms with Gasteiger partial charge in [0.1, 0.15) is 11.4 Å². The summed E-state index contributed by atoms with van der Waals surface area (Å²) in [5.41, 5.74) is -0.476. The third-order valence-corrected chi connectivity index (χ3v) is 3.34. The Balaban J connectivity index is 2.41. The molecule has 1 fully saturated rings. The van der Waals surface area contributed by atoms with Crippen molar-refractivity contribution in [1.82, 2.24) is 5.32 Å². The number of rotatable bonds is 3. The topological polar surface area (TPSA) is 55.4 Å². The first-order valence-electron chi connectivity index (χ1n) is 6.77. The maximum Gasteiger partial charge on any atom is 0.407 e. The van der Waals surface area contributed by atoms with E-state index in [-0.39, 0.29) is 17.6 Å². The zero-order valence-corrected chi connectivity index (χ0v) is 11.9. The molecule has 104 valence electrons. The molecule has 1 aliphatic carbocycles. The zero-order valence-electron chi connectivity index (χ0n) is 11.9. The molecule has 1 saturated carbocycles. The molecule has 4 nitrogen and oxygen atoms in total.